The molecule has 6 nitrogen and oxygen atoms in total. The van der Waals surface area contributed by atoms with E-state index in [0.717, 1.165) is 30.8 Å². The second kappa shape index (κ2) is 7.23. The molecule has 1 amide bonds. The van der Waals surface area contributed by atoms with Gasteiger partial charge < -0.3 is 9.73 Å². The van der Waals surface area contributed by atoms with Gasteiger partial charge in [-0.3, -0.25) is 9.69 Å². The molecule has 1 aliphatic rings. The van der Waals surface area contributed by atoms with Gasteiger partial charge in [0.1, 0.15) is 0 Å². The van der Waals surface area contributed by atoms with Crippen LogP contribution in [0.5, 0.6) is 0 Å². The van der Waals surface area contributed by atoms with Crippen LogP contribution < -0.4 is 5.32 Å². The van der Waals surface area contributed by atoms with Crippen molar-refractivity contribution in [3.05, 3.63) is 23.4 Å². The van der Waals surface area contributed by atoms with Crippen molar-refractivity contribution in [2.75, 3.05) is 19.6 Å². The molecule has 3 heterocycles. The van der Waals surface area contributed by atoms with E-state index in [1.54, 1.807) is 11.3 Å². The van der Waals surface area contributed by atoms with Crippen LogP contribution in [0.3, 0.4) is 0 Å². The molecule has 7 heteroatoms. The van der Waals surface area contributed by atoms with Gasteiger partial charge in [0.2, 0.25) is 11.8 Å². The van der Waals surface area contributed by atoms with Crippen LogP contribution in [0.4, 0.5) is 0 Å². The van der Waals surface area contributed by atoms with Crippen molar-refractivity contribution in [1.82, 2.24) is 20.4 Å². The van der Waals surface area contributed by atoms with Crippen LogP contribution in [0, 0.1) is 5.92 Å². The summed E-state index contributed by atoms with van der Waals surface area (Å²) in [6.07, 6.45) is 1.75. The van der Waals surface area contributed by atoms with Crippen LogP contribution in [0.25, 0.3) is 10.8 Å². The van der Waals surface area contributed by atoms with Crippen LogP contribution in [0.15, 0.2) is 21.9 Å². The SMILES string of the molecule is CCNC(=O)C1CCN([C@H](C)c2nnc(-c3cccs3)o2)CC1. The van der Waals surface area contributed by atoms with Crippen molar-refractivity contribution >= 4 is 17.2 Å². The Labute approximate surface area is 139 Å². The lowest BCUT2D eigenvalue weighted by Gasteiger charge is -2.33. The normalized spacial score (nSPS) is 18.0. The van der Waals surface area contributed by atoms with Gasteiger partial charge >= 0.3 is 0 Å². The minimum absolute atomic E-state index is 0.0754. The second-order valence-electron chi connectivity index (χ2n) is 5.80. The fraction of sp³-hybridized carbons (Fsp3) is 0.562. The lowest BCUT2D eigenvalue weighted by atomic mass is 9.95. The Balaban J connectivity index is 1.59. The average molecular weight is 334 g/mol. The van der Waals surface area contributed by atoms with E-state index >= 15 is 0 Å². The standard InChI is InChI=1S/C16H22N4O2S/c1-3-17-14(21)12-6-8-20(9-7-12)11(2)15-18-19-16(22-15)13-5-4-10-23-13/h4-5,10-12H,3,6-9H2,1-2H3,(H,17,21)/t11-/m1/s1. The Hall–Kier alpha value is -1.73. The summed E-state index contributed by atoms with van der Waals surface area (Å²) in [6.45, 7) is 6.48. The third-order valence-electron chi connectivity index (χ3n) is 4.33. The number of nitrogens with one attached hydrogen (secondary N) is 1. The molecule has 2 aromatic rings. The monoisotopic (exact) mass is 334 g/mol. The zero-order valence-corrected chi connectivity index (χ0v) is 14.3. The minimum Gasteiger partial charge on any atom is -0.418 e. The Morgan fingerprint density at radius 1 is 1.48 bits per heavy atom. The van der Waals surface area contributed by atoms with Crippen LogP contribution in [0.2, 0.25) is 0 Å². The number of hydrogen-bond donors (Lipinski definition) is 1. The predicted molar refractivity (Wildman–Crippen MR) is 89.0 cm³/mol. The molecule has 0 saturated carbocycles. The lowest BCUT2D eigenvalue weighted by Crippen LogP contribution is -2.41. The van der Waals surface area contributed by atoms with E-state index in [4.69, 9.17) is 4.42 Å². The van der Waals surface area contributed by atoms with Crippen LogP contribution in [0.1, 0.15) is 38.6 Å². The maximum Gasteiger partial charge on any atom is 0.257 e. The lowest BCUT2D eigenvalue weighted by molar-refractivity contribution is -0.126. The summed E-state index contributed by atoms with van der Waals surface area (Å²) in [5, 5.41) is 13.3. The van der Waals surface area contributed by atoms with Gasteiger partial charge in [-0.25, -0.2) is 0 Å². The molecule has 0 aliphatic carbocycles. The largest absolute Gasteiger partial charge is 0.418 e. The van der Waals surface area contributed by atoms with Gasteiger partial charge in [0.15, 0.2) is 0 Å². The first-order valence-electron chi connectivity index (χ1n) is 8.08. The number of nitrogens with zero attached hydrogens (tertiary/aromatic N) is 3. The Morgan fingerprint density at radius 2 is 2.26 bits per heavy atom. The smallest absolute Gasteiger partial charge is 0.257 e. The van der Waals surface area contributed by atoms with E-state index in [9.17, 15) is 4.79 Å². The molecule has 1 atom stereocenters. The van der Waals surface area contributed by atoms with Crippen molar-refractivity contribution in [3.8, 4) is 10.8 Å². The number of rotatable bonds is 5. The van der Waals surface area contributed by atoms with Crippen molar-refractivity contribution in [2.45, 2.75) is 32.7 Å². The number of aromatic nitrogens is 2. The first-order chi connectivity index (χ1) is 11.2. The minimum atomic E-state index is 0.0754. The van der Waals surface area contributed by atoms with Crippen LogP contribution >= 0.6 is 11.3 Å². The molecule has 1 N–H and O–H groups in total. The molecule has 0 bridgehead atoms. The molecule has 2 aromatic heterocycles. The zero-order valence-electron chi connectivity index (χ0n) is 13.5. The number of hydrogen-bond acceptors (Lipinski definition) is 6. The average Bonchev–Trinajstić information content (AvgIpc) is 3.25. The van der Waals surface area contributed by atoms with Crippen molar-refractivity contribution in [1.29, 1.82) is 0 Å². The number of likely N-dealkylation sites (tertiary alicyclic amines) is 1. The summed E-state index contributed by atoms with van der Waals surface area (Å²) in [6, 6.07) is 4.02. The topological polar surface area (TPSA) is 71.3 Å². The van der Waals surface area contributed by atoms with Gasteiger partial charge in [0, 0.05) is 12.5 Å². The number of amides is 1. The molecule has 124 valence electrons. The molecule has 0 aromatic carbocycles. The van der Waals surface area contributed by atoms with Crippen molar-refractivity contribution in [2.24, 2.45) is 5.92 Å². The number of piperidine rings is 1. The van der Waals surface area contributed by atoms with Crippen LogP contribution in [-0.4, -0.2) is 40.6 Å². The molecule has 1 saturated heterocycles. The first-order valence-corrected chi connectivity index (χ1v) is 8.96. The molecule has 0 unspecified atom stereocenters. The Bertz CT molecular complexity index is 632. The summed E-state index contributed by atoms with van der Waals surface area (Å²) < 4.78 is 5.82. The molecule has 0 spiro atoms. The van der Waals surface area contributed by atoms with Gasteiger partial charge in [-0.1, -0.05) is 6.07 Å². The molecule has 1 aliphatic heterocycles. The van der Waals surface area contributed by atoms with E-state index < -0.39 is 0 Å². The molecule has 1 fully saturated rings. The third-order valence-corrected chi connectivity index (χ3v) is 5.19. The maximum atomic E-state index is 11.9. The van der Waals surface area contributed by atoms with E-state index in [-0.39, 0.29) is 17.9 Å². The Morgan fingerprint density at radius 3 is 2.91 bits per heavy atom. The summed E-state index contributed by atoms with van der Waals surface area (Å²) in [5.41, 5.74) is 0. The van der Waals surface area contributed by atoms with Crippen molar-refractivity contribution < 1.29 is 9.21 Å². The highest BCUT2D eigenvalue weighted by Gasteiger charge is 2.29. The van der Waals surface area contributed by atoms with Gasteiger partial charge in [-0.05, 0) is 51.2 Å². The van der Waals surface area contributed by atoms with Crippen molar-refractivity contribution in [3.63, 3.8) is 0 Å². The number of carbonyl (C=O) groups excluding carboxylic acids is 1. The fourth-order valence-corrected chi connectivity index (χ4v) is 3.57. The first kappa shape index (κ1) is 16.1. The number of carbonyl (C=O) groups is 1. The molecule has 23 heavy (non-hydrogen) atoms. The van der Waals surface area contributed by atoms with E-state index in [0.29, 0.717) is 18.3 Å². The van der Waals surface area contributed by atoms with Gasteiger partial charge in [0.25, 0.3) is 5.89 Å². The fourth-order valence-electron chi connectivity index (χ4n) is 2.93. The van der Waals surface area contributed by atoms with Gasteiger partial charge in [0.05, 0.1) is 10.9 Å². The highest BCUT2D eigenvalue weighted by molar-refractivity contribution is 7.13. The molecular formula is C16H22N4O2S. The molecule has 0 radical (unpaired) electrons. The van der Waals surface area contributed by atoms with E-state index in [2.05, 4.69) is 27.3 Å². The summed E-state index contributed by atoms with van der Waals surface area (Å²) in [4.78, 5) is 15.2. The number of thiophene rings is 1. The summed E-state index contributed by atoms with van der Waals surface area (Å²) in [5.74, 6) is 1.53. The Kier molecular flexibility index (Phi) is 5.07. The van der Waals surface area contributed by atoms with Gasteiger partial charge in [-0.15, -0.1) is 21.5 Å². The maximum absolute atomic E-state index is 11.9. The van der Waals surface area contributed by atoms with Crippen LogP contribution in [-0.2, 0) is 4.79 Å². The van der Waals surface area contributed by atoms with Gasteiger partial charge in [-0.2, -0.15) is 0 Å². The quantitative estimate of drug-likeness (QED) is 0.910. The predicted octanol–water partition coefficient (Wildman–Crippen LogP) is 2.71. The highest BCUT2D eigenvalue weighted by atomic mass is 32.1. The van der Waals surface area contributed by atoms with E-state index in [1.165, 1.54) is 0 Å². The molecular weight excluding hydrogens is 312 g/mol. The summed E-state index contributed by atoms with van der Waals surface area (Å²) in [7, 11) is 0. The summed E-state index contributed by atoms with van der Waals surface area (Å²) >= 11 is 1.59. The third kappa shape index (κ3) is 3.61. The molecule has 3 rings (SSSR count). The highest BCUT2D eigenvalue weighted by Crippen LogP contribution is 2.29. The second-order valence-corrected chi connectivity index (χ2v) is 6.75. The zero-order chi connectivity index (χ0) is 16.2. The van der Waals surface area contributed by atoms with E-state index in [1.807, 2.05) is 24.4 Å².